The number of nitro groups is 1. The summed E-state index contributed by atoms with van der Waals surface area (Å²) in [7, 11) is 0. The molecule has 0 spiro atoms. The summed E-state index contributed by atoms with van der Waals surface area (Å²) in [4.78, 5) is 33.3. The van der Waals surface area contributed by atoms with Gasteiger partial charge in [0, 0.05) is 17.3 Å². The molecule has 154 valence electrons. The minimum absolute atomic E-state index is 0.0413. The topological polar surface area (TPSA) is 137 Å². The number of nitrogens with two attached hydrogens (primary N) is 1. The van der Waals surface area contributed by atoms with Crippen molar-refractivity contribution in [1.82, 2.24) is 9.97 Å². The van der Waals surface area contributed by atoms with Crippen LogP contribution in [0, 0.1) is 10.1 Å². The molecular weight excluding hydrogens is 420 g/mol. The van der Waals surface area contributed by atoms with Crippen molar-refractivity contribution < 1.29 is 14.5 Å². The van der Waals surface area contributed by atoms with Crippen molar-refractivity contribution in [3.8, 4) is 0 Å². The van der Waals surface area contributed by atoms with Crippen LogP contribution in [0.15, 0.2) is 29.4 Å². The molecule has 0 aliphatic carbocycles. The summed E-state index contributed by atoms with van der Waals surface area (Å²) in [6.45, 7) is 2.19. The van der Waals surface area contributed by atoms with Gasteiger partial charge in [0.25, 0.3) is 5.91 Å². The third-order valence-electron chi connectivity index (χ3n) is 4.38. The molecule has 1 aromatic carbocycles. The Morgan fingerprint density at radius 2 is 2.07 bits per heavy atom. The molecule has 1 fully saturated rings. The first-order valence-corrected chi connectivity index (χ1v) is 10.2. The molecule has 29 heavy (non-hydrogen) atoms. The number of ether oxygens (including phenoxy) is 1. The van der Waals surface area contributed by atoms with Crippen molar-refractivity contribution in [2.75, 3.05) is 36.2 Å². The maximum Gasteiger partial charge on any atom is 0.353 e. The number of nitrogens with zero attached hydrogens (tertiary/aromatic N) is 4. The maximum atomic E-state index is 11.9. The number of nitrogens with one attached hydrogen (secondary N) is 1. The number of benzene rings is 1. The van der Waals surface area contributed by atoms with E-state index in [1.54, 1.807) is 42.3 Å². The van der Waals surface area contributed by atoms with E-state index in [-0.39, 0.29) is 30.4 Å². The van der Waals surface area contributed by atoms with Crippen LogP contribution < -0.4 is 16.0 Å². The summed E-state index contributed by atoms with van der Waals surface area (Å²) in [5.41, 5.74) is 4.57. The van der Waals surface area contributed by atoms with Gasteiger partial charge in [0.1, 0.15) is 0 Å². The van der Waals surface area contributed by atoms with E-state index in [1.807, 2.05) is 0 Å². The van der Waals surface area contributed by atoms with E-state index in [0.717, 1.165) is 0 Å². The number of carbonyl (C=O) groups excluding carboxylic acids is 1. The highest BCUT2D eigenvalue weighted by molar-refractivity contribution is 7.98. The minimum atomic E-state index is -1.18. The molecule has 12 heteroatoms. The third kappa shape index (κ3) is 4.21. The number of hydrogen-bond donors (Lipinski definition) is 2. The number of rotatable bonds is 8. The summed E-state index contributed by atoms with van der Waals surface area (Å²) in [5.74, 6) is -0.473. The minimum Gasteiger partial charge on any atom is -0.367 e. The van der Waals surface area contributed by atoms with Crippen LogP contribution in [-0.4, -0.2) is 52.4 Å². The fourth-order valence-electron chi connectivity index (χ4n) is 2.97. The van der Waals surface area contributed by atoms with E-state index in [4.69, 9.17) is 22.1 Å². The van der Waals surface area contributed by atoms with Crippen LogP contribution in [0.4, 0.5) is 23.0 Å². The van der Waals surface area contributed by atoms with Gasteiger partial charge in [0.15, 0.2) is 10.8 Å². The molecule has 3 rings (SSSR count). The Balaban J connectivity index is 2.00. The van der Waals surface area contributed by atoms with Gasteiger partial charge in [-0.05, 0) is 37.4 Å². The Kier molecular flexibility index (Phi) is 6.10. The summed E-state index contributed by atoms with van der Waals surface area (Å²) in [6.07, 6.45) is 1.76. The van der Waals surface area contributed by atoms with Crippen molar-refractivity contribution in [1.29, 1.82) is 0 Å². The molecule has 0 atom stereocenters. The average Bonchev–Trinajstić information content (AvgIpc) is 2.65. The highest BCUT2D eigenvalue weighted by atomic mass is 35.5. The smallest absolute Gasteiger partial charge is 0.353 e. The number of carbonyl (C=O) groups is 1. The van der Waals surface area contributed by atoms with E-state index in [2.05, 4.69) is 15.3 Å². The Morgan fingerprint density at radius 1 is 1.41 bits per heavy atom. The zero-order chi connectivity index (χ0) is 21.2. The van der Waals surface area contributed by atoms with Crippen LogP contribution in [0.25, 0.3) is 0 Å². The summed E-state index contributed by atoms with van der Waals surface area (Å²) < 4.78 is 5.51. The van der Waals surface area contributed by atoms with Gasteiger partial charge in [0.05, 0.1) is 18.0 Å². The standard InChI is InChI=1S/C17H19ClN6O4S/c1-3-28-17(15(19)25)8-23(9-17)14-12(24(26)27)13(21-16(22-14)29-2)20-11-6-4-10(18)5-7-11/h4-7H,3,8-9H2,1-2H3,(H2,19,25)(H,20,21,22). The second-order valence-electron chi connectivity index (χ2n) is 6.27. The summed E-state index contributed by atoms with van der Waals surface area (Å²) >= 11 is 7.14. The van der Waals surface area contributed by atoms with Crippen molar-refractivity contribution in [3.63, 3.8) is 0 Å². The zero-order valence-corrected chi connectivity index (χ0v) is 17.3. The zero-order valence-electron chi connectivity index (χ0n) is 15.7. The molecule has 1 amide bonds. The normalized spacial score (nSPS) is 14.9. The number of primary amides is 1. The second-order valence-corrected chi connectivity index (χ2v) is 7.48. The first-order chi connectivity index (χ1) is 13.8. The average molecular weight is 439 g/mol. The lowest BCUT2D eigenvalue weighted by Crippen LogP contribution is -2.69. The number of halogens is 1. The number of aromatic nitrogens is 2. The van der Waals surface area contributed by atoms with E-state index < -0.39 is 16.4 Å². The van der Waals surface area contributed by atoms with Crippen LogP contribution in [0.3, 0.4) is 0 Å². The van der Waals surface area contributed by atoms with Gasteiger partial charge >= 0.3 is 5.69 Å². The molecule has 10 nitrogen and oxygen atoms in total. The first kappa shape index (κ1) is 21.1. The molecule has 0 saturated carbocycles. The number of amides is 1. The van der Waals surface area contributed by atoms with Gasteiger partial charge in [0.2, 0.25) is 11.6 Å². The second kappa shape index (κ2) is 8.39. The molecule has 1 aromatic heterocycles. The lowest BCUT2D eigenvalue weighted by atomic mass is 9.92. The van der Waals surface area contributed by atoms with Crippen LogP contribution >= 0.6 is 23.4 Å². The van der Waals surface area contributed by atoms with E-state index in [1.165, 1.54) is 11.8 Å². The molecule has 1 saturated heterocycles. The monoisotopic (exact) mass is 438 g/mol. The molecule has 3 N–H and O–H groups in total. The quantitative estimate of drug-likeness (QED) is 0.275. The number of thioether (sulfide) groups is 1. The lowest BCUT2D eigenvalue weighted by Gasteiger charge is -2.47. The van der Waals surface area contributed by atoms with Crippen molar-refractivity contribution >= 4 is 52.3 Å². The fourth-order valence-corrected chi connectivity index (χ4v) is 3.46. The Labute approximate surface area is 175 Å². The summed E-state index contributed by atoms with van der Waals surface area (Å²) in [5, 5.41) is 15.7. The summed E-state index contributed by atoms with van der Waals surface area (Å²) in [6, 6.07) is 6.69. The van der Waals surface area contributed by atoms with Crippen LogP contribution in [0.5, 0.6) is 0 Å². The van der Waals surface area contributed by atoms with E-state index in [9.17, 15) is 14.9 Å². The molecule has 1 aliphatic heterocycles. The van der Waals surface area contributed by atoms with Crippen LogP contribution in [-0.2, 0) is 9.53 Å². The Hall–Kier alpha value is -2.63. The predicted molar refractivity (Wildman–Crippen MR) is 111 cm³/mol. The van der Waals surface area contributed by atoms with Crippen molar-refractivity contribution in [3.05, 3.63) is 39.4 Å². The number of hydrogen-bond acceptors (Lipinski definition) is 9. The Bertz CT molecular complexity index is 936. The first-order valence-electron chi connectivity index (χ1n) is 8.61. The van der Waals surface area contributed by atoms with Gasteiger partial charge in [-0.3, -0.25) is 14.9 Å². The van der Waals surface area contributed by atoms with Crippen molar-refractivity contribution in [2.24, 2.45) is 5.73 Å². The molecule has 0 bridgehead atoms. The SMILES string of the molecule is CCOC1(C(N)=O)CN(c2nc(SC)nc(Nc3ccc(Cl)cc3)c2[N+](=O)[O-])C1. The van der Waals surface area contributed by atoms with Crippen molar-refractivity contribution in [2.45, 2.75) is 17.7 Å². The number of anilines is 3. The van der Waals surface area contributed by atoms with Gasteiger partial charge < -0.3 is 20.7 Å². The molecule has 2 heterocycles. The lowest BCUT2D eigenvalue weighted by molar-refractivity contribution is -0.383. The van der Waals surface area contributed by atoms with Gasteiger partial charge in [-0.15, -0.1) is 0 Å². The van der Waals surface area contributed by atoms with E-state index in [0.29, 0.717) is 22.5 Å². The molecule has 2 aromatic rings. The highest BCUT2D eigenvalue weighted by Crippen LogP contribution is 2.40. The Morgan fingerprint density at radius 3 is 2.59 bits per heavy atom. The predicted octanol–water partition coefficient (Wildman–Crippen LogP) is 2.58. The molecular formula is C17H19ClN6O4S. The largest absolute Gasteiger partial charge is 0.367 e. The van der Waals surface area contributed by atoms with Gasteiger partial charge in [-0.2, -0.15) is 9.97 Å². The molecule has 0 radical (unpaired) electrons. The highest BCUT2D eigenvalue weighted by Gasteiger charge is 2.51. The van der Waals surface area contributed by atoms with Crippen LogP contribution in [0.1, 0.15) is 6.92 Å². The van der Waals surface area contributed by atoms with Gasteiger partial charge in [-0.1, -0.05) is 23.4 Å². The molecule has 1 aliphatic rings. The fraction of sp³-hybridized carbons (Fsp3) is 0.353. The third-order valence-corrected chi connectivity index (χ3v) is 5.18. The molecule has 0 unspecified atom stereocenters. The maximum absolute atomic E-state index is 11.9. The van der Waals surface area contributed by atoms with E-state index >= 15 is 0 Å². The van der Waals surface area contributed by atoms with Crippen LogP contribution in [0.2, 0.25) is 5.02 Å². The van der Waals surface area contributed by atoms with Gasteiger partial charge in [-0.25, -0.2) is 0 Å².